The van der Waals surface area contributed by atoms with E-state index in [0.717, 1.165) is 33.5 Å². The zero-order valence-corrected chi connectivity index (χ0v) is 12.5. The SMILES string of the molecule is CC.Cc1cc2cc3cc(C)c(N)cc3[nH+]c2cc1N. The van der Waals surface area contributed by atoms with Crippen molar-refractivity contribution in [1.82, 2.24) is 0 Å². The number of anilines is 2. The van der Waals surface area contributed by atoms with Crippen LogP contribution in [0.3, 0.4) is 0 Å². The van der Waals surface area contributed by atoms with E-state index in [-0.39, 0.29) is 0 Å². The van der Waals surface area contributed by atoms with E-state index in [1.165, 1.54) is 10.8 Å². The first-order valence-corrected chi connectivity index (χ1v) is 6.96. The first-order chi connectivity index (χ1) is 9.54. The van der Waals surface area contributed by atoms with Crippen molar-refractivity contribution in [3.8, 4) is 0 Å². The molecule has 5 N–H and O–H groups in total. The number of benzene rings is 2. The van der Waals surface area contributed by atoms with E-state index in [1.54, 1.807) is 0 Å². The molecule has 1 heterocycles. The third-order valence-electron chi connectivity index (χ3n) is 3.46. The van der Waals surface area contributed by atoms with E-state index >= 15 is 0 Å². The van der Waals surface area contributed by atoms with Crippen LogP contribution in [0.5, 0.6) is 0 Å². The van der Waals surface area contributed by atoms with Crippen LogP contribution in [0.1, 0.15) is 25.0 Å². The molecule has 3 rings (SSSR count). The molecule has 20 heavy (non-hydrogen) atoms. The highest BCUT2D eigenvalue weighted by Crippen LogP contribution is 2.24. The molecule has 0 spiro atoms. The summed E-state index contributed by atoms with van der Waals surface area (Å²) in [4.78, 5) is 3.39. The number of aromatic nitrogens is 1. The summed E-state index contributed by atoms with van der Waals surface area (Å²) >= 11 is 0. The van der Waals surface area contributed by atoms with Gasteiger partial charge in [0.15, 0.2) is 0 Å². The monoisotopic (exact) mass is 268 g/mol. The fourth-order valence-corrected chi connectivity index (χ4v) is 2.26. The Kier molecular flexibility index (Phi) is 3.79. The van der Waals surface area contributed by atoms with E-state index in [4.69, 9.17) is 11.5 Å². The summed E-state index contributed by atoms with van der Waals surface area (Å²) < 4.78 is 0. The molecule has 0 radical (unpaired) electrons. The Morgan fingerprint density at radius 1 is 0.700 bits per heavy atom. The molecular formula is C17H22N3+. The lowest BCUT2D eigenvalue weighted by Gasteiger charge is -2.03. The van der Waals surface area contributed by atoms with Crippen molar-refractivity contribution in [2.24, 2.45) is 0 Å². The first-order valence-electron chi connectivity index (χ1n) is 6.96. The number of nitrogen functional groups attached to an aromatic ring is 2. The number of nitrogens with one attached hydrogen (secondary N) is 1. The minimum atomic E-state index is 0.804. The normalized spacial score (nSPS) is 10.4. The molecule has 0 atom stereocenters. The summed E-state index contributed by atoms with van der Waals surface area (Å²) in [5, 5.41) is 2.33. The van der Waals surface area contributed by atoms with Crippen molar-refractivity contribution < 1.29 is 4.98 Å². The smallest absolute Gasteiger partial charge is 0.213 e. The van der Waals surface area contributed by atoms with Gasteiger partial charge in [-0.3, -0.25) is 0 Å². The fourth-order valence-electron chi connectivity index (χ4n) is 2.26. The van der Waals surface area contributed by atoms with Crippen LogP contribution < -0.4 is 16.5 Å². The Labute approximate surface area is 119 Å². The third kappa shape index (κ3) is 2.39. The van der Waals surface area contributed by atoms with Crippen LogP contribution >= 0.6 is 0 Å². The van der Waals surface area contributed by atoms with Crippen molar-refractivity contribution in [2.75, 3.05) is 11.5 Å². The summed E-state index contributed by atoms with van der Waals surface area (Å²) in [5.74, 6) is 0. The molecule has 0 fully saturated rings. The van der Waals surface area contributed by atoms with E-state index < -0.39 is 0 Å². The van der Waals surface area contributed by atoms with Gasteiger partial charge in [-0.15, -0.1) is 0 Å². The number of aryl methyl sites for hydroxylation is 2. The standard InChI is InChI=1S/C15H15N3.C2H6/c1-8-3-10-5-11-4-9(2)13(17)7-15(11)18-14(10)6-12(8)16;1-2/h3-7H,16-17H2,1-2H3;1-2H3/p+1. The van der Waals surface area contributed by atoms with Gasteiger partial charge in [-0.1, -0.05) is 13.8 Å². The van der Waals surface area contributed by atoms with E-state index in [9.17, 15) is 0 Å². The van der Waals surface area contributed by atoms with Gasteiger partial charge in [0.2, 0.25) is 11.0 Å². The maximum atomic E-state index is 5.94. The number of hydrogen-bond donors (Lipinski definition) is 2. The lowest BCUT2D eigenvalue weighted by molar-refractivity contribution is -0.310. The molecule has 3 nitrogen and oxygen atoms in total. The van der Waals surface area contributed by atoms with Crippen LogP contribution in [0, 0.1) is 13.8 Å². The number of hydrogen-bond acceptors (Lipinski definition) is 2. The quantitative estimate of drug-likeness (QED) is 0.483. The zero-order valence-electron chi connectivity index (χ0n) is 12.5. The van der Waals surface area contributed by atoms with Crippen LogP contribution in [0.2, 0.25) is 0 Å². The second kappa shape index (κ2) is 5.37. The highest BCUT2D eigenvalue weighted by atomic mass is 14.7. The predicted octanol–water partition coefficient (Wildman–Crippen LogP) is 3.61. The van der Waals surface area contributed by atoms with Gasteiger partial charge in [0, 0.05) is 34.3 Å². The summed E-state index contributed by atoms with van der Waals surface area (Å²) in [6.45, 7) is 8.04. The van der Waals surface area contributed by atoms with Crippen molar-refractivity contribution in [2.45, 2.75) is 27.7 Å². The second-order valence-electron chi connectivity index (χ2n) is 4.86. The first kappa shape index (κ1) is 14.1. The summed E-state index contributed by atoms with van der Waals surface area (Å²) in [7, 11) is 0. The molecule has 1 aromatic heterocycles. The molecule has 104 valence electrons. The molecular weight excluding hydrogens is 246 g/mol. The Morgan fingerprint density at radius 2 is 1.10 bits per heavy atom. The molecule has 0 aliphatic carbocycles. The van der Waals surface area contributed by atoms with Gasteiger partial charge in [0.25, 0.3) is 0 Å². The predicted molar refractivity (Wildman–Crippen MR) is 87.7 cm³/mol. The van der Waals surface area contributed by atoms with Gasteiger partial charge >= 0.3 is 0 Å². The van der Waals surface area contributed by atoms with Crippen LogP contribution in [-0.2, 0) is 0 Å². The Morgan fingerprint density at radius 3 is 1.50 bits per heavy atom. The number of pyridine rings is 1. The second-order valence-corrected chi connectivity index (χ2v) is 4.86. The fraction of sp³-hybridized carbons (Fsp3) is 0.235. The summed E-state index contributed by atoms with van der Waals surface area (Å²) in [6.07, 6.45) is 0. The zero-order chi connectivity index (χ0) is 14.9. The lowest BCUT2D eigenvalue weighted by atomic mass is 10.1. The molecule has 0 aliphatic rings. The molecule has 0 aliphatic heterocycles. The molecule has 3 aromatic rings. The van der Waals surface area contributed by atoms with E-state index in [0.29, 0.717) is 0 Å². The molecule has 2 aromatic carbocycles. The maximum absolute atomic E-state index is 5.94. The minimum absolute atomic E-state index is 0.804. The van der Waals surface area contributed by atoms with Crippen LogP contribution in [0.25, 0.3) is 21.8 Å². The van der Waals surface area contributed by atoms with Crippen molar-refractivity contribution in [1.29, 1.82) is 0 Å². The van der Waals surface area contributed by atoms with E-state index in [1.807, 2.05) is 39.8 Å². The Balaban J connectivity index is 0.000000704. The van der Waals surface area contributed by atoms with Crippen LogP contribution in [0.4, 0.5) is 11.4 Å². The minimum Gasteiger partial charge on any atom is -0.398 e. The van der Waals surface area contributed by atoms with Crippen molar-refractivity contribution >= 4 is 33.2 Å². The number of aromatic amines is 1. The Hall–Kier alpha value is -2.29. The molecule has 0 saturated carbocycles. The van der Waals surface area contributed by atoms with Crippen molar-refractivity contribution in [3.63, 3.8) is 0 Å². The largest absolute Gasteiger partial charge is 0.398 e. The number of fused-ring (bicyclic) bond motifs is 2. The van der Waals surface area contributed by atoms with Gasteiger partial charge in [0.05, 0.1) is 0 Å². The average Bonchev–Trinajstić information content (AvgIpc) is 2.42. The van der Waals surface area contributed by atoms with Crippen LogP contribution in [0.15, 0.2) is 30.3 Å². The third-order valence-corrected chi connectivity index (χ3v) is 3.46. The summed E-state index contributed by atoms with van der Waals surface area (Å²) in [5.41, 5.74) is 17.8. The Bertz CT molecular complexity index is 647. The van der Waals surface area contributed by atoms with Gasteiger partial charge < -0.3 is 11.5 Å². The molecule has 0 bridgehead atoms. The number of H-pyrrole nitrogens is 1. The summed E-state index contributed by atoms with van der Waals surface area (Å²) in [6, 6.07) is 10.3. The maximum Gasteiger partial charge on any atom is 0.213 e. The highest BCUT2D eigenvalue weighted by molar-refractivity contribution is 5.92. The molecule has 3 heteroatoms. The van der Waals surface area contributed by atoms with Gasteiger partial charge in [0.1, 0.15) is 0 Å². The number of rotatable bonds is 0. The van der Waals surface area contributed by atoms with Gasteiger partial charge in [-0.2, -0.15) is 0 Å². The molecule has 0 saturated heterocycles. The molecule has 0 unspecified atom stereocenters. The van der Waals surface area contributed by atoms with Crippen LogP contribution in [-0.4, -0.2) is 0 Å². The number of nitrogens with two attached hydrogens (primary N) is 2. The topological polar surface area (TPSA) is 66.2 Å². The van der Waals surface area contributed by atoms with Crippen molar-refractivity contribution in [3.05, 3.63) is 41.5 Å². The van der Waals surface area contributed by atoms with E-state index in [2.05, 4.69) is 23.2 Å². The highest BCUT2D eigenvalue weighted by Gasteiger charge is 2.09. The molecule has 0 amide bonds. The van der Waals surface area contributed by atoms with Gasteiger partial charge in [-0.05, 0) is 43.2 Å². The lowest BCUT2D eigenvalue weighted by Crippen LogP contribution is -2.07. The van der Waals surface area contributed by atoms with Gasteiger partial charge in [-0.25, -0.2) is 4.98 Å². The average molecular weight is 268 g/mol.